The van der Waals surface area contributed by atoms with E-state index in [2.05, 4.69) is 65.0 Å². The molecule has 3 rings (SSSR count). The maximum Gasteiger partial charge on any atom is 0.192 e. The molecule has 7 nitrogen and oxygen atoms in total. The van der Waals surface area contributed by atoms with Gasteiger partial charge in [0, 0.05) is 19.2 Å². The number of nitrogens with one attached hydrogen (secondary N) is 2. The van der Waals surface area contributed by atoms with Crippen LogP contribution in [0.25, 0.3) is 0 Å². The first-order valence-electron chi connectivity index (χ1n) is 10.7. The number of aryl methyl sites for hydroxylation is 2. The Morgan fingerprint density at radius 2 is 1.81 bits per heavy atom. The van der Waals surface area contributed by atoms with Crippen molar-refractivity contribution in [3.8, 4) is 5.75 Å². The fourth-order valence-electron chi connectivity index (χ4n) is 3.03. The van der Waals surface area contributed by atoms with Crippen molar-refractivity contribution < 1.29 is 4.74 Å². The summed E-state index contributed by atoms with van der Waals surface area (Å²) in [5.74, 6) is 3.37. The Balaban J connectivity index is 1.72. The van der Waals surface area contributed by atoms with E-state index in [4.69, 9.17) is 9.73 Å². The topological polar surface area (TPSA) is 76.4 Å². The summed E-state index contributed by atoms with van der Waals surface area (Å²) in [6.45, 7) is 8.56. The van der Waals surface area contributed by atoms with Gasteiger partial charge in [0.1, 0.15) is 11.6 Å². The van der Waals surface area contributed by atoms with Gasteiger partial charge in [-0.1, -0.05) is 49.4 Å². The maximum absolute atomic E-state index is 5.95. The summed E-state index contributed by atoms with van der Waals surface area (Å²) in [6, 6.07) is 16.5. The first-order chi connectivity index (χ1) is 15.1. The Bertz CT molecular complexity index is 997. The predicted octanol–water partition coefficient (Wildman–Crippen LogP) is 3.66. The molecule has 0 radical (unpaired) electrons. The lowest BCUT2D eigenvalue weighted by atomic mass is 10.1. The summed E-state index contributed by atoms with van der Waals surface area (Å²) in [4.78, 5) is 4.77. The fourth-order valence-corrected chi connectivity index (χ4v) is 3.03. The molecule has 7 heteroatoms. The van der Waals surface area contributed by atoms with Crippen molar-refractivity contribution in [3.05, 3.63) is 76.9 Å². The third-order valence-electron chi connectivity index (χ3n) is 4.99. The third-order valence-corrected chi connectivity index (χ3v) is 4.99. The molecule has 3 aromatic rings. The van der Waals surface area contributed by atoms with Crippen molar-refractivity contribution in [3.63, 3.8) is 0 Å². The smallest absolute Gasteiger partial charge is 0.192 e. The van der Waals surface area contributed by atoms with Crippen LogP contribution in [0.5, 0.6) is 5.75 Å². The Morgan fingerprint density at radius 3 is 2.52 bits per heavy atom. The minimum absolute atomic E-state index is 0.533. The van der Waals surface area contributed by atoms with Crippen LogP contribution in [0, 0.1) is 13.8 Å². The SMILES string of the molecule is CCCOc1cc(C)ccc1CNC(=NCc1ccccc1)NCc1nnc(C)n1C. The molecule has 0 fully saturated rings. The minimum atomic E-state index is 0.533. The lowest BCUT2D eigenvalue weighted by Gasteiger charge is -2.16. The van der Waals surface area contributed by atoms with E-state index in [0.29, 0.717) is 32.2 Å². The van der Waals surface area contributed by atoms with Crippen molar-refractivity contribution in [2.45, 2.75) is 46.8 Å². The highest BCUT2D eigenvalue weighted by molar-refractivity contribution is 5.79. The molecule has 1 aromatic heterocycles. The van der Waals surface area contributed by atoms with Gasteiger partial charge in [0.25, 0.3) is 0 Å². The second-order valence-electron chi connectivity index (χ2n) is 7.54. The van der Waals surface area contributed by atoms with Crippen LogP contribution in [-0.4, -0.2) is 27.3 Å². The Labute approximate surface area is 184 Å². The van der Waals surface area contributed by atoms with Gasteiger partial charge >= 0.3 is 0 Å². The number of aromatic nitrogens is 3. The van der Waals surface area contributed by atoms with E-state index in [1.807, 2.05) is 36.7 Å². The van der Waals surface area contributed by atoms with Crippen LogP contribution in [0.1, 0.15) is 41.7 Å². The van der Waals surface area contributed by atoms with Crippen molar-refractivity contribution in [2.24, 2.45) is 12.0 Å². The zero-order valence-corrected chi connectivity index (χ0v) is 18.9. The van der Waals surface area contributed by atoms with Gasteiger partial charge in [-0.25, -0.2) is 4.99 Å². The molecule has 0 saturated carbocycles. The molecule has 2 N–H and O–H groups in total. The van der Waals surface area contributed by atoms with Gasteiger partial charge in [0.15, 0.2) is 11.8 Å². The highest BCUT2D eigenvalue weighted by atomic mass is 16.5. The van der Waals surface area contributed by atoms with Gasteiger partial charge in [-0.3, -0.25) is 0 Å². The van der Waals surface area contributed by atoms with E-state index >= 15 is 0 Å². The number of benzene rings is 2. The molecule has 0 unspecified atom stereocenters. The molecule has 164 valence electrons. The van der Waals surface area contributed by atoms with E-state index in [-0.39, 0.29) is 0 Å². The number of hydrogen-bond donors (Lipinski definition) is 2. The lowest BCUT2D eigenvalue weighted by Crippen LogP contribution is -2.37. The van der Waals surface area contributed by atoms with Crippen LogP contribution in [-0.2, 0) is 26.7 Å². The van der Waals surface area contributed by atoms with Crippen LogP contribution in [0.4, 0.5) is 0 Å². The first-order valence-corrected chi connectivity index (χ1v) is 10.7. The fraction of sp³-hybridized carbons (Fsp3) is 0.375. The average molecular weight is 421 g/mol. The van der Waals surface area contributed by atoms with Crippen molar-refractivity contribution in [2.75, 3.05) is 6.61 Å². The molecule has 1 heterocycles. The summed E-state index contributed by atoms with van der Waals surface area (Å²) in [5.41, 5.74) is 3.44. The van der Waals surface area contributed by atoms with Crippen molar-refractivity contribution in [1.82, 2.24) is 25.4 Å². The zero-order valence-electron chi connectivity index (χ0n) is 18.9. The molecule has 0 atom stereocenters. The molecule has 0 aliphatic heterocycles. The van der Waals surface area contributed by atoms with E-state index in [9.17, 15) is 0 Å². The third kappa shape index (κ3) is 6.57. The quantitative estimate of drug-likeness (QED) is 0.408. The maximum atomic E-state index is 5.95. The molecule has 0 bridgehead atoms. The molecule has 2 aromatic carbocycles. The second-order valence-corrected chi connectivity index (χ2v) is 7.54. The number of rotatable bonds is 9. The number of ether oxygens (including phenoxy) is 1. The highest BCUT2D eigenvalue weighted by Gasteiger charge is 2.09. The molecule has 0 spiro atoms. The molecule has 0 amide bonds. The zero-order chi connectivity index (χ0) is 22.1. The van der Waals surface area contributed by atoms with Gasteiger partial charge in [-0.05, 0) is 37.5 Å². The van der Waals surface area contributed by atoms with E-state index in [1.165, 1.54) is 5.56 Å². The van der Waals surface area contributed by atoms with Crippen LogP contribution in [0.15, 0.2) is 53.5 Å². The molecular formula is C24H32N6O. The Kier molecular flexibility index (Phi) is 8.04. The Morgan fingerprint density at radius 1 is 1.03 bits per heavy atom. The predicted molar refractivity (Wildman–Crippen MR) is 124 cm³/mol. The lowest BCUT2D eigenvalue weighted by molar-refractivity contribution is 0.313. The van der Waals surface area contributed by atoms with Crippen LogP contribution >= 0.6 is 0 Å². The number of nitrogens with zero attached hydrogens (tertiary/aromatic N) is 4. The van der Waals surface area contributed by atoms with E-state index < -0.39 is 0 Å². The van der Waals surface area contributed by atoms with Gasteiger partial charge < -0.3 is 19.9 Å². The van der Waals surface area contributed by atoms with Gasteiger partial charge in [0.05, 0.1) is 19.7 Å². The summed E-state index contributed by atoms with van der Waals surface area (Å²) < 4.78 is 7.93. The molecular weight excluding hydrogens is 388 g/mol. The van der Waals surface area contributed by atoms with Gasteiger partial charge in [-0.15, -0.1) is 10.2 Å². The molecule has 31 heavy (non-hydrogen) atoms. The van der Waals surface area contributed by atoms with Crippen LogP contribution < -0.4 is 15.4 Å². The van der Waals surface area contributed by atoms with Crippen LogP contribution in [0.3, 0.4) is 0 Å². The summed E-state index contributed by atoms with van der Waals surface area (Å²) in [5, 5.41) is 15.2. The molecule has 0 aliphatic rings. The average Bonchev–Trinajstić information content (AvgIpc) is 3.11. The second kappa shape index (κ2) is 11.2. The van der Waals surface area contributed by atoms with Gasteiger partial charge in [-0.2, -0.15) is 0 Å². The number of guanidine groups is 1. The van der Waals surface area contributed by atoms with E-state index in [0.717, 1.165) is 34.9 Å². The number of aliphatic imine (C=N–C) groups is 1. The van der Waals surface area contributed by atoms with Gasteiger partial charge in [0.2, 0.25) is 0 Å². The summed E-state index contributed by atoms with van der Waals surface area (Å²) in [6.07, 6.45) is 0.975. The monoisotopic (exact) mass is 420 g/mol. The highest BCUT2D eigenvalue weighted by Crippen LogP contribution is 2.20. The largest absolute Gasteiger partial charge is 0.493 e. The summed E-state index contributed by atoms with van der Waals surface area (Å²) >= 11 is 0. The van der Waals surface area contributed by atoms with E-state index in [1.54, 1.807) is 0 Å². The number of hydrogen-bond acceptors (Lipinski definition) is 4. The molecule has 0 aliphatic carbocycles. The standard InChI is InChI=1S/C24H32N6O/c1-5-13-31-22-14-18(2)11-12-21(22)16-26-24(25-15-20-9-7-6-8-10-20)27-17-23-29-28-19(3)30(23)4/h6-12,14H,5,13,15-17H2,1-4H3,(H2,25,26,27). The molecule has 0 saturated heterocycles. The Hall–Kier alpha value is -3.35. The first kappa shape index (κ1) is 22.3. The van der Waals surface area contributed by atoms with Crippen LogP contribution in [0.2, 0.25) is 0 Å². The van der Waals surface area contributed by atoms with Crippen molar-refractivity contribution in [1.29, 1.82) is 0 Å². The normalized spacial score (nSPS) is 11.4. The van der Waals surface area contributed by atoms with Crippen molar-refractivity contribution >= 4 is 5.96 Å². The summed E-state index contributed by atoms with van der Waals surface area (Å²) in [7, 11) is 1.96. The minimum Gasteiger partial charge on any atom is -0.493 e.